The van der Waals surface area contributed by atoms with Gasteiger partial charge in [0.15, 0.2) is 0 Å². The van der Waals surface area contributed by atoms with Crippen LogP contribution in [0.4, 0.5) is 0 Å². The van der Waals surface area contributed by atoms with Gasteiger partial charge in [-0.05, 0) is 38.5 Å². The van der Waals surface area contributed by atoms with Crippen LogP contribution in [-0.2, 0) is 9.59 Å². The Kier molecular flexibility index (Phi) is 33.5. The van der Waals surface area contributed by atoms with Crippen LogP contribution in [0, 0.1) is 11.8 Å². The number of carbonyl (C=O) groups is 2. The molecule has 284 valence electrons. The van der Waals surface area contributed by atoms with Crippen molar-refractivity contribution >= 4 is 11.8 Å². The van der Waals surface area contributed by atoms with Crippen molar-refractivity contribution < 1.29 is 9.59 Å². The number of hydrogen-bond donors (Lipinski definition) is 2. The molecule has 0 aromatic rings. The molecule has 0 atom stereocenters. The van der Waals surface area contributed by atoms with E-state index in [2.05, 4.69) is 24.5 Å². The molecular weight excluding hydrogens is 588 g/mol. The summed E-state index contributed by atoms with van der Waals surface area (Å²) in [4.78, 5) is 25.3. The van der Waals surface area contributed by atoms with Gasteiger partial charge >= 0.3 is 0 Å². The van der Waals surface area contributed by atoms with Crippen LogP contribution in [0.5, 0.6) is 0 Å². The van der Waals surface area contributed by atoms with E-state index in [1.54, 1.807) is 0 Å². The zero-order valence-corrected chi connectivity index (χ0v) is 32.8. The van der Waals surface area contributed by atoms with Crippen LogP contribution in [0.25, 0.3) is 0 Å². The molecule has 1 aliphatic rings. The number of amides is 2. The fraction of sp³-hybridized carbons (Fsp3) is 0.955. The zero-order chi connectivity index (χ0) is 34.6. The summed E-state index contributed by atoms with van der Waals surface area (Å²) >= 11 is 0. The van der Waals surface area contributed by atoms with E-state index in [1.165, 1.54) is 193 Å². The smallest absolute Gasteiger partial charge is 0.223 e. The molecule has 0 aromatic carbocycles. The SMILES string of the molecule is CCCCCCCCCCCCCCCCCCNC(=O)C1CCC(C(=O)NCCCCCCCCCCCCCCCCCC)CC1. The summed E-state index contributed by atoms with van der Waals surface area (Å²) in [6, 6.07) is 0. The largest absolute Gasteiger partial charge is 0.356 e. The molecule has 4 heteroatoms. The van der Waals surface area contributed by atoms with Gasteiger partial charge in [0.25, 0.3) is 0 Å². The fourth-order valence-electron chi connectivity index (χ4n) is 7.68. The Morgan fingerprint density at radius 1 is 0.333 bits per heavy atom. The molecule has 1 fully saturated rings. The summed E-state index contributed by atoms with van der Waals surface area (Å²) in [5, 5.41) is 6.39. The fourth-order valence-corrected chi connectivity index (χ4v) is 7.68. The first-order chi connectivity index (χ1) is 23.7. The molecule has 4 nitrogen and oxygen atoms in total. The zero-order valence-electron chi connectivity index (χ0n) is 32.8. The minimum absolute atomic E-state index is 0.107. The van der Waals surface area contributed by atoms with Gasteiger partial charge in [0, 0.05) is 24.9 Å². The molecule has 1 saturated carbocycles. The second-order valence-corrected chi connectivity index (χ2v) is 15.7. The molecule has 0 radical (unpaired) electrons. The maximum Gasteiger partial charge on any atom is 0.223 e. The summed E-state index contributed by atoms with van der Waals surface area (Å²) in [6.45, 7) is 6.21. The molecule has 0 aliphatic heterocycles. The van der Waals surface area contributed by atoms with Gasteiger partial charge in [-0.1, -0.05) is 206 Å². The van der Waals surface area contributed by atoms with Crippen LogP contribution in [0.15, 0.2) is 0 Å². The van der Waals surface area contributed by atoms with Gasteiger partial charge in [0.2, 0.25) is 11.8 Å². The molecular formula is C44H86N2O2. The number of carbonyl (C=O) groups excluding carboxylic acids is 2. The highest BCUT2D eigenvalue weighted by Crippen LogP contribution is 2.29. The summed E-state index contributed by atoms with van der Waals surface area (Å²) in [6.07, 6.45) is 47.4. The maximum absolute atomic E-state index is 12.7. The molecule has 48 heavy (non-hydrogen) atoms. The molecule has 0 heterocycles. The van der Waals surface area contributed by atoms with Crippen LogP contribution in [-0.4, -0.2) is 24.9 Å². The molecule has 2 N–H and O–H groups in total. The van der Waals surface area contributed by atoms with E-state index in [0.717, 1.165) is 51.6 Å². The second-order valence-electron chi connectivity index (χ2n) is 15.7. The van der Waals surface area contributed by atoms with Gasteiger partial charge in [-0.3, -0.25) is 9.59 Å². The van der Waals surface area contributed by atoms with E-state index in [-0.39, 0.29) is 23.7 Å². The van der Waals surface area contributed by atoms with Crippen molar-refractivity contribution in [2.24, 2.45) is 11.8 Å². The van der Waals surface area contributed by atoms with Crippen molar-refractivity contribution in [2.75, 3.05) is 13.1 Å². The van der Waals surface area contributed by atoms with Crippen LogP contribution < -0.4 is 10.6 Å². The lowest BCUT2D eigenvalue weighted by Crippen LogP contribution is -2.38. The molecule has 0 bridgehead atoms. The third-order valence-electron chi connectivity index (χ3n) is 11.1. The van der Waals surface area contributed by atoms with Crippen molar-refractivity contribution in [3.8, 4) is 0 Å². The minimum atomic E-state index is 0.107. The Bertz CT molecular complexity index is 629. The first-order valence-electron chi connectivity index (χ1n) is 22.2. The quantitative estimate of drug-likeness (QED) is 0.0650. The molecule has 1 rings (SSSR count). The van der Waals surface area contributed by atoms with Gasteiger partial charge in [0.1, 0.15) is 0 Å². The molecule has 0 saturated heterocycles. The molecule has 0 unspecified atom stereocenters. The molecule has 1 aliphatic carbocycles. The minimum Gasteiger partial charge on any atom is -0.356 e. The highest BCUT2D eigenvalue weighted by atomic mass is 16.2. The molecule has 0 aromatic heterocycles. The first kappa shape index (κ1) is 45.0. The highest BCUT2D eigenvalue weighted by molar-refractivity contribution is 5.81. The van der Waals surface area contributed by atoms with E-state index in [1.807, 2.05) is 0 Å². The normalized spacial score (nSPS) is 16.3. The van der Waals surface area contributed by atoms with Gasteiger partial charge in [0.05, 0.1) is 0 Å². The number of unbranched alkanes of at least 4 members (excludes halogenated alkanes) is 30. The van der Waals surface area contributed by atoms with Crippen molar-refractivity contribution in [1.29, 1.82) is 0 Å². The van der Waals surface area contributed by atoms with Gasteiger partial charge in [-0.15, -0.1) is 0 Å². The topological polar surface area (TPSA) is 58.2 Å². The summed E-state index contributed by atoms with van der Waals surface area (Å²) in [7, 11) is 0. The van der Waals surface area contributed by atoms with E-state index >= 15 is 0 Å². The van der Waals surface area contributed by atoms with Crippen LogP contribution in [0.3, 0.4) is 0 Å². The molecule has 2 amide bonds. The lowest BCUT2D eigenvalue weighted by atomic mass is 9.81. The third kappa shape index (κ3) is 28.7. The Balaban J connectivity index is 1.83. The summed E-state index contributed by atoms with van der Waals surface area (Å²) < 4.78 is 0. The third-order valence-corrected chi connectivity index (χ3v) is 11.1. The monoisotopic (exact) mass is 675 g/mol. The van der Waals surface area contributed by atoms with Crippen LogP contribution >= 0.6 is 0 Å². The number of nitrogens with one attached hydrogen (secondary N) is 2. The predicted molar refractivity (Wildman–Crippen MR) is 211 cm³/mol. The Morgan fingerprint density at radius 3 is 0.729 bits per heavy atom. The number of rotatable bonds is 36. The number of hydrogen-bond acceptors (Lipinski definition) is 2. The van der Waals surface area contributed by atoms with Gasteiger partial charge in [-0.25, -0.2) is 0 Å². The van der Waals surface area contributed by atoms with E-state index < -0.39 is 0 Å². The Labute approximate surface area is 301 Å². The standard InChI is InChI=1S/C44H86N2O2/c1-3-5-7-9-11-13-15-17-19-21-23-25-27-29-31-33-39-45-43(47)41-35-37-42(38-36-41)44(48)46-40-34-32-30-28-26-24-22-20-18-16-14-12-10-8-6-4-2/h41-42H,3-40H2,1-2H3,(H,45,47)(H,46,48). The van der Waals surface area contributed by atoms with E-state index in [4.69, 9.17) is 0 Å². The highest BCUT2D eigenvalue weighted by Gasteiger charge is 2.29. The Hall–Kier alpha value is -1.06. The predicted octanol–water partition coefficient (Wildman–Crippen LogP) is 13.5. The average Bonchev–Trinajstić information content (AvgIpc) is 3.10. The van der Waals surface area contributed by atoms with E-state index in [0.29, 0.717) is 0 Å². The Morgan fingerprint density at radius 2 is 0.521 bits per heavy atom. The van der Waals surface area contributed by atoms with Crippen LogP contribution in [0.1, 0.15) is 245 Å². The lowest BCUT2D eigenvalue weighted by molar-refractivity contribution is -0.130. The van der Waals surface area contributed by atoms with Crippen molar-refractivity contribution in [3.63, 3.8) is 0 Å². The molecule has 0 spiro atoms. The second kappa shape index (κ2) is 35.8. The van der Waals surface area contributed by atoms with Crippen molar-refractivity contribution in [2.45, 2.75) is 245 Å². The van der Waals surface area contributed by atoms with Gasteiger partial charge in [-0.2, -0.15) is 0 Å². The lowest BCUT2D eigenvalue weighted by Gasteiger charge is -2.27. The first-order valence-corrected chi connectivity index (χ1v) is 22.2. The van der Waals surface area contributed by atoms with Gasteiger partial charge < -0.3 is 10.6 Å². The van der Waals surface area contributed by atoms with Crippen LogP contribution in [0.2, 0.25) is 0 Å². The van der Waals surface area contributed by atoms with Crippen molar-refractivity contribution in [3.05, 3.63) is 0 Å². The average molecular weight is 675 g/mol. The maximum atomic E-state index is 12.7. The van der Waals surface area contributed by atoms with Crippen molar-refractivity contribution in [1.82, 2.24) is 10.6 Å². The van der Waals surface area contributed by atoms with E-state index in [9.17, 15) is 9.59 Å². The summed E-state index contributed by atoms with van der Waals surface area (Å²) in [5.74, 6) is 0.664. The summed E-state index contributed by atoms with van der Waals surface area (Å²) in [5.41, 5.74) is 0.